The van der Waals surface area contributed by atoms with E-state index in [0.29, 0.717) is 12.3 Å². The third-order valence-corrected chi connectivity index (χ3v) is 2.32. The predicted octanol–water partition coefficient (Wildman–Crippen LogP) is 2.05. The lowest BCUT2D eigenvalue weighted by molar-refractivity contribution is -0.115. The molecule has 1 fully saturated rings. The van der Waals surface area contributed by atoms with Crippen LogP contribution in [-0.4, -0.2) is 5.78 Å². The Morgan fingerprint density at radius 2 is 2.00 bits per heavy atom. The lowest BCUT2D eigenvalue weighted by atomic mass is 9.86. The summed E-state index contributed by atoms with van der Waals surface area (Å²) in [6.07, 6.45) is 6.57. The van der Waals surface area contributed by atoms with Gasteiger partial charge in [0.2, 0.25) is 5.78 Å². The second kappa shape index (κ2) is 4.12. The number of carbonyl (C=O) groups excluding carboxylic acids is 1. The lowest BCUT2D eigenvalue weighted by Gasteiger charge is -2.19. The van der Waals surface area contributed by atoms with Crippen LogP contribution in [0.1, 0.15) is 38.5 Å². The van der Waals surface area contributed by atoms with E-state index in [0.717, 1.165) is 12.8 Å². The van der Waals surface area contributed by atoms with Crippen LogP contribution in [0.15, 0.2) is 0 Å². The highest BCUT2D eigenvalue weighted by Crippen LogP contribution is 2.26. The fourth-order valence-electron chi connectivity index (χ4n) is 1.70. The number of rotatable bonds is 2. The van der Waals surface area contributed by atoms with Crippen LogP contribution in [0.2, 0.25) is 0 Å². The van der Waals surface area contributed by atoms with Gasteiger partial charge in [-0.05, 0) is 18.8 Å². The molecule has 1 aliphatic carbocycles. The SMILES string of the molecule is N#CC(=O)CC1CCCCC1. The highest BCUT2D eigenvalue weighted by Gasteiger charge is 2.16. The zero-order valence-electron chi connectivity index (χ0n) is 6.68. The summed E-state index contributed by atoms with van der Waals surface area (Å²) >= 11 is 0. The summed E-state index contributed by atoms with van der Waals surface area (Å²) in [4.78, 5) is 10.7. The molecule has 1 aliphatic rings. The van der Waals surface area contributed by atoms with Gasteiger partial charge in [0.25, 0.3) is 0 Å². The number of nitriles is 1. The van der Waals surface area contributed by atoms with Crippen LogP contribution >= 0.6 is 0 Å². The third kappa shape index (κ3) is 2.71. The summed E-state index contributed by atoms with van der Waals surface area (Å²) in [6.45, 7) is 0. The molecule has 2 heteroatoms. The zero-order chi connectivity index (χ0) is 8.10. The fraction of sp³-hybridized carbons (Fsp3) is 0.778. The van der Waals surface area contributed by atoms with Crippen LogP contribution in [-0.2, 0) is 4.79 Å². The molecule has 0 aromatic carbocycles. The van der Waals surface area contributed by atoms with Gasteiger partial charge in [0.15, 0.2) is 0 Å². The summed E-state index contributed by atoms with van der Waals surface area (Å²) in [7, 11) is 0. The Kier molecular flexibility index (Phi) is 3.10. The molecule has 0 unspecified atom stereocenters. The topological polar surface area (TPSA) is 40.9 Å². The highest BCUT2D eigenvalue weighted by molar-refractivity contribution is 5.93. The first-order valence-corrected chi connectivity index (χ1v) is 4.26. The summed E-state index contributed by atoms with van der Waals surface area (Å²) in [6, 6.07) is 1.67. The maximum atomic E-state index is 10.7. The van der Waals surface area contributed by atoms with Crippen LogP contribution < -0.4 is 0 Å². The smallest absolute Gasteiger partial charge is 0.232 e. The zero-order valence-corrected chi connectivity index (χ0v) is 6.68. The number of hydrogen-bond acceptors (Lipinski definition) is 2. The number of ketones is 1. The molecule has 1 rings (SSSR count). The van der Waals surface area contributed by atoms with Gasteiger partial charge in [0, 0.05) is 6.42 Å². The molecule has 0 aliphatic heterocycles. The maximum Gasteiger partial charge on any atom is 0.232 e. The van der Waals surface area contributed by atoms with E-state index in [1.165, 1.54) is 19.3 Å². The van der Waals surface area contributed by atoms with Crippen molar-refractivity contribution in [2.75, 3.05) is 0 Å². The van der Waals surface area contributed by atoms with E-state index in [-0.39, 0.29) is 5.78 Å². The minimum absolute atomic E-state index is 0.239. The molecule has 0 bridgehead atoms. The van der Waals surface area contributed by atoms with E-state index in [2.05, 4.69) is 0 Å². The Bertz CT molecular complexity index is 174. The van der Waals surface area contributed by atoms with Crippen molar-refractivity contribution in [2.24, 2.45) is 5.92 Å². The van der Waals surface area contributed by atoms with Crippen LogP contribution in [0.3, 0.4) is 0 Å². The summed E-state index contributed by atoms with van der Waals surface area (Å²) in [5.41, 5.74) is 0. The Morgan fingerprint density at radius 3 is 2.55 bits per heavy atom. The minimum Gasteiger partial charge on any atom is -0.283 e. The summed E-state index contributed by atoms with van der Waals surface area (Å²) in [5, 5.41) is 8.27. The van der Waals surface area contributed by atoms with Crippen molar-refractivity contribution >= 4 is 5.78 Å². The standard InChI is InChI=1S/C9H13NO/c10-7-9(11)6-8-4-2-1-3-5-8/h8H,1-6H2. The first kappa shape index (κ1) is 8.26. The van der Waals surface area contributed by atoms with Gasteiger partial charge in [-0.2, -0.15) is 5.26 Å². The molecule has 2 nitrogen and oxygen atoms in total. The average Bonchev–Trinajstić information content (AvgIpc) is 2.06. The van der Waals surface area contributed by atoms with Crippen LogP contribution in [0.5, 0.6) is 0 Å². The fourth-order valence-corrected chi connectivity index (χ4v) is 1.70. The largest absolute Gasteiger partial charge is 0.283 e. The third-order valence-electron chi connectivity index (χ3n) is 2.32. The van der Waals surface area contributed by atoms with Gasteiger partial charge in [0.05, 0.1) is 0 Å². The van der Waals surface area contributed by atoms with E-state index in [9.17, 15) is 4.79 Å². The van der Waals surface area contributed by atoms with Crippen molar-refractivity contribution in [3.05, 3.63) is 0 Å². The maximum absolute atomic E-state index is 10.7. The molecular weight excluding hydrogens is 138 g/mol. The van der Waals surface area contributed by atoms with Crippen molar-refractivity contribution in [3.63, 3.8) is 0 Å². The molecule has 0 N–H and O–H groups in total. The minimum atomic E-state index is -0.239. The van der Waals surface area contributed by atoms with Crippen molar-refractivity contribution in [3.8, 4) is 6.07 Å². The molecule has 0 radical (unpaired) electrons. The first-order valence-electron chi connectivity index (χ1n) is 4.26. The Hall–Kier alpha value is -0.840. The summed E-state index contributed by atoms with van der Waals surface area (Å²) < 4.78 is 0. The van der Waals surface area contributed by atoms with Gasteiger partial charge < -0.3 is 0 Å². The van der Waals surface area contributed by atoms with Gasteiger partial charge in [-0.1, -0.05) is 19.3 Å². The lowest BCUT2D eigenvalue weighted by Crippen LogP contribution is -2.10. The molecule has 1 saturated carbocycles. The van der Waals surface area contributed by atoms with Crippen LogP contribution in [0.25, 0.3) is 0 Å². The van der Waals surface area contributed by atoms with Crippen LogP contribution in [0, 0.1) is 17.2 Å². The van der Waals surface area contributed by atoms with Gasteiger partial charge in [-0.25, -0.2) is 0 Å². The Balaban J connectivity index is 2.25. The molecule has 0 aromatic rings. The predicted molar refractivity (Wildman–Crippen MR) is 41.8 cm³/mol. The van der Waals surface area contributed by atoms with Crippen LogP contribution in [0.4, 0.5) is 0 Å². The molecule has 0 spiro atoms. The van der Waals surface area contributed by atoms with E-state index in [4.69, 9.17) is 5.26 Å². The molecule has 0 amide bonds. The molecule has 0 atom stereocenters. The second-order valence-corrected chi connectivity index (χ2v) is 3.24. The molecule has 0 aromatic heterocycles. The van der Waals surface area contributed by atoms with Crippen molar-refractivity contribution in [1.82, 2.24) is 0 Å². The monoisotopic (exact) mass is 151 g/mol. The summed E-state index contributed by atoms with van der Waals surface area (Å²) in [5.74, 6) is 0.271. The quantitative estimate of drug-likeness (QED) is 0.567. The number of hydrogen-bond donors (Lipinski definition) is 0. The van der Waals surface area contributed by atoms with E-state index < -0.39 is 0 Å². The van der Waals surface area contributed by atoms with E-state index >= 15 is 0 Å². The number of nitrogens with zero attached hydrogens (tertiary/aromatic N) is 1. The van der Waals surface area contributed by atoms with Crippen molar-refractivity contribution in [1.29, 1.82) is 5.26 Å². The molecule has 11 heavy (non-hydrogen) atoms. The van der Waals surface area contributed by atoms with Crippen molar-refractivity contribution < 1.29 is 4.79 Å². The second-order valence-electron chi connectivity index (χ2n) is 3.24. The van der Waals surface area contributed by atoms with Gasteiger partial charge >= 0.3 is 0 Å². The van der Waals surface area contributed by atoms with Gasteiger partial charge in [-0.3, -0.25) is 4.79 Å². The average molecular weight is 151 g/mol. The molecule has 0 saturated heterocycles. The number of carbonyl (C=O) groups is 1. The van der Waals surface area contributed by atoms with Gasteiger partial charge in [0.1, 0.15) is 6.07 Å². The number of Topliss-reactive ketones (excluding diaryl/α,β-unsaturated/α-hetero) is 1. The van der Waals surface area contributed by atoms with Crippen molar-refractivity contribution in [2.45, 2.75) is 38.5 Å². The first-order chi connectivity index (χ1) is 5.33. The Morgan fingerprint density at radius 1 is 1.36 bits per heavy atom. The molecule has 60 valence electrons. The molecular formula is C9H13NO. The van der Waals surface area contributed by atoms with Gasteiger partial charge in [-0.15, -0.1) is 0 Å². The molecule has 0 heterocycles. The highest BCUT2D eigenvalue weighted by atomic mass is 16.1. The van der Waals surface area contributed by atoms with E-state index in [1.807, 2.05) is 0 Å². The van der Waals surface area contributed by atoms with E-state index in [1.54, 1.807) is 6.07 Å². The normalized spacial score (nSPS) is 19.2. The Labute approximate surface area is 67.2 Å².